The van der Waals surface area contributed by atoms with Crippen LogP contribution in [0.1, 0.15) is 13.3 Å². The smallest absolute Gasteiger partial charge is 0.169 e. The van der Waals surface area contributed by atoms with Crippen molar-refractivity contribution >= 4 is 0 Å². The second-order valence-electron chi connectivity index (χ2n) is 3.07. The molecule has 4 nitrogen and oxygen atoms in total. The number of nitrogens with two attached hydrogens (primary N) is 1. The van der Waals surface area contributed by atoms with Gasteiger partial charge in [0, 0.05) is 19.1 Å². The van der Waals surface area contributed by atoms with E-state index in [9.17, 15) is 0 Å². The molecule has 0 aliphatic carbocycles. The first-order valence-corrected chi connectivity index (χ1v) is 4.49. The van der Waals surface area contributed by atoms with Gasteiger partial charge in [-0.15, -0.1) is 0 Å². The van der Waals surface area contributed by atoms with Crippen molar-refractivity contribution in [2.24, 2.45) is 5.73 Å². The summed E-state index contributed by atoms with van der Waals surface area (Å²) in [7, 11) is 0. The predicted octanol–water partition coefficient (Wildman–Crippen LogP) is -0.314. The molecule has 0 aromatic heterocycles. The van der Waals surface area contributed by atoms with Gasteiger partial charge in [0.25, 0.3) is 0 Å². The average molecular weight is 174 g/mol. The minimum atomic E-state index is -0.0762. The van der Waals surface area contributed by atoms with Gasteiger partial charge in [0.2, 0.25) is 0 Å². The molecule has 1 saturated heterocycles. The minimum Gasteiger partial charge on any atom is -0.351 e. The molecule has 0 unspecified atom stereocenters. The Labute approximate surface area is 73.4 Å². The maximum absolute atomic E-state index is 5.44. The highest BCUT2D eigenvalue weighted by Gasteiger charge is 2.13. The van der Waals surface area contributed by atoms with Gasteiger partial charge in [-0.05, 0) is 13.3 Å². The van der Waals surface area contributed by atoms with Gasteiger partial charge in [-0.25, -0.2) is 0 Å². The van der Waals surface area contributed by atoms with Crippen molar-refractivity contribution in [3.05, 3.63) is 0 Å². The van der Waals surface area contributed by atoms with E-state index in [1.807, 2.05) is 6.92 Å². The molecular formula is C8H18N2O2. The van der Waals surface area contributed by atoms with Crippen LogP contribution in [0, 0.1) is 0 Å². The molecule has 1 aliphatic rings. The molecule has 0 saturated carbocycles. The summed E-state index contributed by atoms with van der Waals surface area (Å²) in [6, 6.07) is 0.333. The Balaban J connectivity index is 2.05. The fraction of sp³-hybridized carbons (Fsp3) is 1.00. The predicted molar refractivity (Wildman–Crippen MR) is 46.8 cm³/mol. The van der Waals surface area contributed by atoms with Crippen LogP contribution in [0.15, 0.2) is 0 Å². The highest BCUT2D eigenvalue weighted by Crippen LogP contribution is 2.03. The molecule has 0 bridgehead atoms. The zero-order chi connectivity index (χ0) is 8.81. The summed E-state index contributed by atoms with van der Waals surface area (Å²) in [5.41, 5.74) is 5.44. The molecule has 0 amide bonds. The number of hydrogen-bond donors (Lipinski definition) is 2. The van der Waals surface area contributed by atoms with Crippen molar-refractivity contribution in [1.82, 2.24) is 5.32 Å². The van der Waals surface area contributed by atoms with E-state index in [1.54, 1.807) is 0 Å². The number of nitrogens with one attached hydrogen (secondary N) is 1. The van der Waals surface area contributed by atoms with E-state index in [0.29, 0.717) is 12.6 Å². The Kier molecular flexibility index (Phi) is 4.53. The molecule has 0 aromatic rings. The summed E-state index contributed by atoms with van der Waals surface area (Å²) in [6.07, 6.45) is 0.927. The van der Waals surface area contributed by atoms with Crippen molar-refractivity contribution in [1.29, 1.82) is 0 Å². The van der Waals surface area contributed by atoms with Gasteiger partial charge in [0.05, 0.1) is 13.2 Å². The third kappa shape index (κ3) is 3.49. The van der Waals surface area contributed by atoms with Crippen LogP contribution >= 0.6 is 0 Å². The summed E-state index contributed by atoms with van der Waals surface area (Å²) in [5, 5.41) is 3.23. The molecule has 12 heavy (non-hydrogen) atoms. The summed E-state index contributed by atoms with van der Waals surface area (Å²) < 4.78 is 10.7. The average Bonchev–Trinajstić information content (AvgIpc) is 2.16. The van der Waals surface area contributed by atoms with Gasteiger partial charge in [0.1, 0.15) is 0 Å². The molecule has 3 N–H and O–H groups in total. The molecular weight excluding hydrogens is 156 g/mol. The summed E-state index contributed by atoms with van der Waals surface area (Å²) >= 11 is 0. The van der Waals surface area contributed by atoms with Crippen molar-refractivity contribution in [3.63, 3.8) is 0 Å². The Morgan fingerprint density at radius 2 is 2.17 bits per heavy atom. The van der Waals surface area contributed by atoms with E-state index < -0.39 is 0 Å². The van der Waals surface area contributed by atoms with Crippen molar-refractivity contribution in [2.75, 3.05) is 26.3 Å². The summed E-state index contributed by atoms with van der Waals surface area (Å²) in [4.78, 5) is 0. The monoisotopic (exact) mass is 174 g/mol. The Hall–Kier alpha value is -0.160. The molecule has 0 spiro atoms. The highest BCUT2D eigenvalue weighted by molar-refractivity contribution is 4.63. The molecule has 1 rings (SSSR count). The highest BCUT2D eigenvalue weighted by atomic mass is 16.7. The minimum absolute atomic E-state index is 0.0762. The molecule has 1 atom stereocenters. The maximum Gasteiger partial charge on any atom is 0.169 e. The van der Waals surface area contributed by atoms with Gasteiger partial charge in [-0.3, -0.25) is 0 Å². The normalized spacial score (nSPS) is 22.5. The summed E-state index contributed by atoms with van der Waals surface area (Å²) in [6.45, 7) is 5.04. The lowest BCUT2D eigenvalue weighted by molar-refractivity contribution is -0.175. The molecule has 1 heterocycles. The number of hydrogen-bond acceptors (Lipinski definition) is 4. The zero-order valence-electron chi connectivity index (χ0n) is 7.58. The molecule has 1 aliphatic heterocycles. The van der Waals surface area contributed by atoms with Crippen LogP contribution in [-0.4, -0.2) is 38.6 Å². The third-order valence-electron chi connectivity index (χ3n) is 1.88. The van der Waals surface area contributed by atoms with Gasteiger partial charge in [0.15, 0.2) is 6.29 Å². The molecule has 0 radical (unpaired) electrons. The fourth-order valence-electron chi connectivity index (χ4n) is 1.04. The second-order valence-corrected chi connectivity index (χ2v) is 3.07. The van der Waals surface area contributed by atoms with Gasteiger partial charge >= 0.3 is 0 Å². The van der Waals surface area contributed by atoms with Gasteiger partial charge < -0.3 is 20.5 Å². The Morgan fingerprint density at radius 3 is 2.75 bits per heavy atom. The third-order valence-corrected chi connectivity index (χ3v) is 1.88. The lowest BCUT2D eigenvalue weighted by Gasteiger charge is -2.24. The largest absolute Gasteiger partial charge is 0.351 e. The van der Waals surface area contributed by atoms with Crippen LogP contribution in [0.5, 0.6) is 0 Å². The van der Waals surface area contributed by atoms with Crippen LogP contribution in [-0.2, 0) is 9.47 Å². The van der Waals surface area contributed by atoms with Crippen molar-refractivity contribution in [2.45, 2.75) is 25.7 Å². The standard InChI is InChI=1S/C8H18N2O2/c1-7(5-9)10-6-8-11-3-2-4-12-8/h7-8,10H,2-6,9H2,1H3/t7-/m1/s1. The zero-order valence-corrected chi connectivity index (χ0v) is 7.58. The van der Waals surface area contributed by atoms with Gasteiger partial charge in [-0.1, -0.05) is 0 Å². The lowest BCUT2D eigenvalue weighted by Crippen LogP contribution is -2.41. The molecule has 0 aromatic carbocycles. The lowest BCUT2D eigenvalue weighted by atomic mass is 10.3. The maximum atomic E-state index is 5.44. The topological polar surface area (TPSA) is 56.5 Å². The molecule has 4 heteroatoms. The van der Waals surface area contributed by atoms with E-state index in [1.165, 1.54) is 0 Å². The molecule has 1 fully saturated rings. The Morgan fingerprint density at radius 1 is 1.50 bits per heavy atom. The van der Waals surface area contributed by atoms with Crippen LogP contribution < -0.4 is 11.1 Å². The van der Waals surface area contributed by atoms with E-state index >= 15 is 0 Å². The first kappa shape index (κ1) is 9.92. The van der Waals surface area contributed by atoms with Crippen LogP contribution in [0.4, 0.5) is 0 Å². The van der Waals surface area contributed by atoms with E-state index in [-0.39, 0.29) is 6.29 Å². The number of ether oxygens (including phenoxy) is 2. The number of rotatable bonds is 4. The fourth-order valence-corrected chi connectivity index (χ4v) is 1.04. The quantitative estimate of drug-likeness (QED) is 0.613. The van der Waals surface area contributed by atoms with Gasteiger partial charge in [-0.2, -0.15) is 0 Å². The van der Waals surface area contributed by atoms with E-state index in [2.05, 4.69) is 5.32 Å². The summed E-state index contributed by atoms with van der Waals surface area (Å²) in [5.74, 6) is 0. The van der Waals surface area contributed by atoms with Crippen molar-refractivity contribution < 1.29 is 9.47 Å². The molecule has 72 valence electrons. The van der Waals surface area contributed by atoms with Crippen LogP contribution in [0.3, 0.4) is 0 Å². The first-order chi connectivity index (χ1) is 5.83. The second kappa shape index (κ2) is 5.48. The van der Waals surface area contributed by atoms with E-state index in [4.69, 9.17) is 15.2 Å². The van der Waals surface area contributed by atoms with Crippen molar-refractivity contribution in [3.8, 4) is 0 Å². The van der Waals surface area contributed by atoms with Crippen LogP contribution in [0.25, 0.3) is 0 Å². The first-order valence-electron chi connectivity index (χ1n) is 4.49. The van der Waals surface area contributed by atoms with E-state index in [0.717, 1.165) is 26.2 Å². The Bertz CT molecular complexity index is 116. The SMILES string of the molecule is C[C@H](CN)NCC1OCCCO1. The van der Waals surface area contributed by atoms with Crippen LogP contribution in [0.2, 0.25) is 0 Å².